The number of carbonyl (C=O) groups is 1. The first-order chi connectivity index (χ1) is 9.77. The van der Waals surface area contributed by atoms with E-state index in [0.717, 1.165) is 12.8 Å². The number of unbranched alkanes of at least 4 members (excludes halogenated alkanes) is 14. The first-order valence-corrected chi connectivity index (χ1v) is 8.97. The Hall–Kier alpha value is 0.847. The predicted molar refractivity (Wildman–Crippen MR) is 84.6 cm³/mol. The van der Waals surface area contributed by atoms with Crippen LogP contribution in [0, 0.1) is 41.7 Å². The maximum atomic E-state index is 10.2. The zero-order valence-corrected chi connectivity index (χ0v) is 17.3. The van der Waals surface area contributed by atoms with E-state index in [2.05, 4.69) is 6.92 Å². The van der Waals surface area contributed by atoms with Gasteiger partial charge in [-0.05, 0) is 12.8 Å². The van der Waals surface area contributed by atoms with Crippen molar-refractivity contribution < 1.29 is 51.6 Å². The van der Waals surface area contributed by atoms with E-state index in [1.54, 1.807) is 0 Å². The topological polar surface area (TPSA) is 40.1 Å². The number of rotatable bonds is 16. The summed E-state index contributed by atoms with van der Waals surface area (Å²) < 4.78 is 0. The standard InChI is InChI=1S/C18H36O2.Ce/c1-2-3-4-5-6-7-8-9-10-11-12-13-14-15-16-17-18(19)20;/h2-17H2,1H3,(H,19,20);/q;+1/p-1. The van der Waals surface area contributed by atoms with Crippen molar-refractivity contribution in [2.75, 3.05) is 0 Å². The molecule has 0 aliphatic carbocycles. The molecule has 0 saturated carbocycles. The fourth-order valence-electron chi connectivity index (χ4n) is 2.64. The smallest absolute Gasteiger partial charge is 0.550 e. The Labute approximate surface area is 166 Å². The molecule has 0 saturated heterocycles. The first kappa shape index (κ1) is 24.1. The molecule has 0 aliphatic heterocycles. The van der Waals surface area contributed by atoms with Gasteiger partial charge in [0.15, 0.2) is 0 Å². The van der Waals surface area contributed by atoms with Crippen molar-refractivity contribution in [1.29, 1.82) is 0 Å². The van der Waals surface area contributed by atoms with Crippen LogP contribution in [0.4, 0.5) is 0 Å². The van der Waals surface area contributed by atoms with Crippen molar-refractivity contribution >= 4 is 5.97 Å². The van der Waals surface area contributed by atoms with E-state index >= 15 is 0 Å². The van der Waals surface area contributed by atoms with Crippen molar-refractivity contribution in [3.8, 4) is 0 Å². The van der Waals surface area contributed by atoms with Crippen LogP contribution >= 0.6 is 0 Å². The summed E-state index contributed by atoms with van der Waals surface area (Å²) in [5.74, 6) is -0.903. The summed E-state index contributed by atoms with van der Waals surface area (Å²) in [4.78, 5) is 10.2. The Morgan fingerprint density at radius 2 is 0.905 bits per heavy atom. The number of hydrogen-bond donors (Lipinski definition) is 0. The van der Waals surface area contributed by atoms with E-state index in [4.69, 9.17) is 0 Å². The SMILES string of the molecule is CCCCCCCCCCCCCCCCCC(=O)[O-].[Ce+]. The molecule has 123 valence electrons. The fraction of sp³-hybridized carbons (Fsp3) is 0.944. The molecular weight excluding hydrogens is 388 g/mol. The molecule has 0 rings (SSSR count). The Morgan fingerprint density at radius 3 is 1.19 bits per heavy atom. The average Bonchev–Trinajstić information content (AvgIpc) is 2.43. The van der Waals surface area contributed by atoms with E-state index in [1.165, 1.54) is 83.5 Å². The monoisotopic (exact) mass is 423 g/mol. The molecule has 0 heterocycles. The molecule has 0 aromatic carbocycles. The molecule has 0 fully saturated rings. The van der Waals surface area contributed by atoms with Gasteiger partial charge in [-0.15, -0.1) is 0 Å². The average molecular weight is 424 g/mol. The van der Waals surface area contributed by atoms with E-state index in [-0.39, 0.29) is 48.2 Å². The third kappa shape index (κ3) is 23.2. The quantitative estimate of drug-likeness (QED) is 0.328. The van der Waals surface area contributed by atoms with Crippen LogP contribution in [0.25, 0.3) is 0 Å². The minimum absolute atomic E-state index is 0. The van der Waals surface area contributed by atoms with E-state index < -0.39 is 5.97 Å². The van der Waals surface area contributed by atoms with Gasteiger partial charge in [-0.1, -0.05) is 96.8 Å². The summed E-state index contributed by atoms with van der Waals surface area (Å²) in [6.45, 7) is 2.27. The molecule has 2 nitrogen and oxygen atoms in total. The van der Waals surface area contributed by atoms with Crippen molar-refractivity contribution in [2.45, 2.75) is 110 Å². The second-order valence-corrected chi connectivity index (χ2v) is 6.07. The fourth-order valence-corrected chi connectivity index (χ4v) is 2.64. The molecule has 0 N–H and O–H groups in total. The minimum Gasteiger partial charge on any atom is -0.550 e. The zero-order valence-electron chi connectivity index (χ0n) is 14.1. The van der Waals surface area contributed by atoms with Gasteiger partial charge in [0.05, 0.1) is 0 Å². The number of aliphatic carboxylic acids is 1. The van der Waals surface area contributed by atoms with Gasteiger partial charge in [-0.3, -0.25) is 0 Å². The molecule has 21 heavy (non-hydrogen) atoms. The molecule has 0 atom stereocenters. The Kier molecular flexibility index (Phi) is 23.9. The van der Waals surface area contributed by atoms with Crippen molar-refractivity contribution in [3.05, 3.63) is 0 Å². The minimum atomic E-state index is -0.903. The summed E-state index contributed by atoms with van der Waals surface area (Å²) in [7, 11) is 0. The molecule has 0 amide bonds. The second kappa shape index (κ2) is 20.8. The third-order valence-corrected chi connectivity index (χ3v) is 3.98. The molecule has 3 heteroatoms. The van der Waals surface area contributed by atoms with Crippen LogP contribution in [0.3, 0.4) is 0 Å². The molecule has 0 aliphatic rings. The third-order valence-electron chi connectivity index (χ3n) is 3.98. The van der Waals surface area contributed by atoms with Gasteiger partial charge in [0.25, 0.3) is 0 Å². The van der Waals surface area contributed by atoms with Crippen LogP contribution in [-0.2, 0) is 4.79 Å². The molecule has 0 unspecified atom stereocenters. The summed E-state index contributed by atoms with van der Waals surface area (Å²) >= 11 is 0. The molecule has 1 radical (unpaired) electrons. The van der Waals surface area contributed by atoms with Gasteiger partial charge in [0, 0.05) is 5.97 Å². The summed E-state index contributed by atoms with van der Waals surface area (Å²) in [6.07, 6.45) is 19.9. The maximum absolute atomic E-state index is 10.2. The Balaban J connectivity index is 0. The van der Waals surface area contributed by atoms with Crippen molar-refractivity contribution in [2.24, 2.45) is 0 Å². The van der Waals surface area contributed by atoms with Crippen LogP contribution in [-0.4, -0.2) is 5.97 Å². The Bertz CT molecular complexity index is 207. The van der Waals surface area contributed by atoms with Gasteiger partial charge in [-0.25, -0.2) is 0 Å². The summed E-state index contributed by atoms with van der Waals surface area (Å²) in [5.41, 5.74) is 0. The van der Waals surface area contributed by atoms with E-state index in [0.29, 0.717) is 0 Å². The van der Waals surface area contributed by atoms with E-state index in [9.17, 15) is 9.90 Å². The van der Waals surface area contributed by atoms with Gasteiger partial charge in [0.1, 0.15) is 0 Å². The predicted octanol–water partition coefficient (Wildman–Crippen LogP) is 5.00. The number of carboxylic acid groups (broad SMARTS) is 1. The maximum Gasteiger partial charge on any atom is 1.00 e. The zero-order chi connectivity index (χ0) is 14.9. The molecule has 0 spiro atoms. The second-order valence-electron chi connectivity index (χ2n) is 6.07. The molecule has 0 aromatic rings. The van der Waals surface area contributed by atoms with Crippen molar-refractivity contribution in [3.63, 3.8) is 0 Å². The normalized spacial score (nSPS) is 10.3. The van der Waals surface area contributed by atoms with Crippen molar-refractivity contribution in [1.82, 2.24) is 0 Å². The van der Waals surface area contributed by atoms with Crippen LogP contribution in [0.1, 0.15) is 110 Å². The number of carboxylic acids is 1. The van der Waals surface area contributed by atoms with Gasteiger partial charge < -0.3 is 9.90 Å². The summed E-state index contributed by atoms with van der Waals surface area (Å²) in [5, 5.41) is 10.2. The number of hydrogen-bond acceptors (Lipinski definition) is 2. The van der Waals surface area contributed by atoms with Gasteiger partial charge in [0.2, 0.25) is 0 Å². The van der Waals surface area contributed by atoms with Crippen LogP contribution in [0.15, 0.2) is 0 Å². The molecule has 0 aromatic heterocycles. The van der Waals surface area contributed by atoms with Crippen LogP contribution in [0.2, 0.25) is 0 Å². The van der Waals surface area contributed by atoms with E-state index in [1.807, 2.05) is 0 Å². The Morgan fingerprint density at radius 1 is 0.619 bits per heavy atom. The summed E-state index contributed by atoms with van der Waals surface area (Å²) in [6, 6.07) is 0. The molecule has 0 bridgehead atoms. The van der Waals surface area contributed by atoms with Gasteiger partial charge in [-0.2, -0.15) is 0 Å². The largest absolute Gasteiger partial charge is 1.00 e. The first-order valence-electron chi connectivity index (χ1n) is 8.97. The van der Waals surface area contributed by atoms with Crippen LogP contribution < -0.4 is 5.11 Å². The number of carbonyl (C=O) groups excluding carboxylic acids is 1. The van der Waals surface area contributed by atoms with Crippen LogP contribution in [0.5, 0.6) is 0 Å². The van der Waals surface area contributed by atoms with Gasteiger partial charge >= 0.3 is 41.7 Å². The molecular formula is C18H35CeO2.